The molecule has 0 unspecified atom stereocenters. The minimum absolute atomic E-state index is 0.127. The fourth-order valence-electron chi connectivity index (χ4n) is 0.703. The molecule has 0 fully saturated rings. The predicted molar refractivity (Wildman–Crippen MR) is 41.0 cm³/mol. The van der Waals surface area contributed by atoms with Crippen molar-refractivity contribution in [3.05, 3.63) is 18.4 Å². The van der Waals surface area contributed by atoms with Crippen LogP contribution in [0.4, 0.5) is 4.39 Å². The van der Waals surface area contributed by atoms with E-state index in [2.05, 4.69) is 0 Å². The van der Waals surface area contributed by atoms with E-state index in [1.165, 1.54) is 6.26 Å². The normalized spacial score (nSPS) is 10.1. The van der Waals surface area contributed by atoms with Crippen LogP contribution in [-0.4, -0.2) is 26.5 Å². The lowest BCUT2D eigenvalue weighted by molar-refractivity contribution is 0.0817. The molecule has 68 valence electrons. The third-order valence-electron chi connectivity index (χ3n) is 1.19. The third kappa shape index (κ3) is 3.39. The lowest BCUT2D eigenvalue weighted by atomic mass is 10.6. The van der Waals surface area contributed by atoms with E-state index >= 15 is 0 Å². The number of hydrogen-bond donors (Lipinski definition) is 0. The van der Waals surface area contributed by atoms with Crippen molar-refractivity contribution in [2.24, 2.45) is 0 Å². The van der Waals surface area contributed by atoms with Gasteiger partial charge in [-0.2, -0.15) is 0 Å². The third-order valence-corrected chi connectivity index (χ3v) is 1.19. The van der Waals surface area contributed by atoms with Gasteiger partial charge in [0.25, 0.3) is 5.95 Å². The van der Waals surface area contributed by atoms with Gasteiger partial charge in [0.2, 0.25) is 0 Å². The SMILES string of the molecule is FCCOCCOc1ccco1. The van der Waals surface area contributed by atoms with Gasteiger partial charge < -0.3 is 13.9 Å². The highest BCUT2D eigenvalue weighted by molar-refractivity contribution is 5.03. The summed E-state index contributed by atoms with van der Waals surface area (Å²) < 4.78 is 26.3. The molecule has 1 aromatic heterocycles. The summed E-state index contributed by atoms with van der Waals surface area (Å²) in [6, 6.07) is 3.44. The van der Waals surface area contributed by atoms with E-state index in [1.807, 2.05) is 0 Å². The van der Waals surface area contributed by atoms with E-state index in [-0.39, 0.29) is 6.61 Å². The Balaban J connectivity index is 1.96. The van der Waals surface area contributed by atoms with Crippen LogP contribution >= 0.6 is 0 Å². The number of ether oxygens (including phenoxy) is 2. The molecule has 12 heavy (non-hydrogen) atoms. The summed E-state index contributed by atoms with van der Waals surface area (Å²) in [5.74, 6) is 0.457. The largest absolute Gasteiger partial charge is 0.463 e. The van der Waals surface area contributed by atoms with Gasteiger partial charge in [0.05, 0.1) is 19.5 Å². The van der Waals surface area contributed by atoms with Crippen LogP contribution in [0.3, 0.4) is 0 Å². The van der Waals surface area contributed by atoms with Crippen LogP contribution in [0.15, 0.2) is 22.8 Å². The minimum Gasteiger partial charge on any atom is -0.463 e. The molecule has 3 nitrogen and oxygen atoms in total. The Hall–Kier alpha value is -1.03. The van der Waals surface area contributed by atoms with Gasteiger partial charge in [0, 0.05) is 6.07 Å². The van der Waals surface area contributed by atoms with Gasteiger partial charge in [0.15, 0.2) is 0 Å². The maximum absolute atomic E-state index is 11.5. The Labute approximate surface area is 70.1 Å². The molecular weight excluding hydrogens is 163 g/mol. The lowest BCUT2D eigenvalue weighted by Gasteiger charge is -2.01. The van der Waals surface area contributed by atoms with Crippen LogP contribution < -0.4 is 4.74 Å². The molecule has 1 rings (SSSR count). The van der Waals surface area contributed by atoms with Gasteiger partial charge in [0.1, 0.15) is 13.3 Å². The van der Waals surface area contributed by atoms with E-state index in [0.717, 1.165) is 0 Å². The second-order valence-electron chi connectivity index (χ2n) is 2.08. The second-order valence-corrected chi connectivity index (χ2v) is 2.08. The van der Waals surface area contributed by atoms with Crippen molar-refractivity contribution in [1.82, 2.24) is 0 Å². The average Bonchev–Trinajstić information content (AvgIpc) is 2.57. The van der Waals surface area contributed by atoms with Crippen molar-refractivity contribution in [2.45, 2.75) is 0 Å². The smallest absolute Gasteiger partial charge is 0.284 e. The topological polar surface area (TPSA) is 31.6 Å². The molecule has 4 heteroatoms. The van der Waals surface area contributed by atoms with Crippen LogP contribution in [0.1, 0.15) is 0 Å². The number of rotatable bonds is 6. The van der Waals surface area contributed by atoms with E-state index < -0.39 is 6.67 Å². The molecule has 0 amide bonds. The quantitative estimate of drug-likeness (QED) is 0.614. The number of furan rings is 1. The Morgan fingerprint density at radius 3 is 2.92 bits per heavy atom. The number of hydrogen-bond acceptors (Lipinski definition) is 3. The molecule has 0 spiro atoms. The van der Waals surface area contributed by atoms with E-state index in [1.54, 1.807) is 12.1 Å². The fraction of sp³-hybridized carbons (Fsp3) is 0.500. The number of halogens is 1. The monoisotopic (exact) mass is 174 g/mol. The summed E-state index contributed by atoms with van der Waals surface area (Å²) in [6.07, 6.45) is 1.53. The van der Waals surface area contributed by atoms with Crippen LogP contribution in [0.2, 0.25) is 0 Å². The molecule has 0 atom stereocenters. The number of alkyl halides is 1. The molecule has 0 aliphatic heterocycles. The molecular formula is C8H11FO3. The Kier molecular flexibility index (Phi) is 4.23. The molecule has 0 aliphatic carbocycles. The van der Waals surface area contributed by atoms with E-state index in [4.69, 9.17) is 13.9 Å². The Morgan fingerprint density at radius 1 is 1.33 bits per heavy atom. The summed E-state index contributed by atoms with van der Waals surface area (Å²) in [7, 11) is 0. The maximum atomic E-state index is 11.5. The molecule has 0 saturated carbocycles. The minimum atomic E-state index is -0.458. The summed E-state index contributed by atoms with van der Waals surface area (Å²) in [4.78, 5) is 0. The Bertz CT molecular complexity index is 186. The van der Waals surface area contributed by atoms with Crippen LogP contribution in [0.5, 0.6) is 5.95 Å². The molecule has 0 N–H and O–H groups in total. The van der Waals surface area contributed by atoms with Crippen molar-refractivity contribution < 1.29 is 18.3 Å². The maximum Gasteiger partial charge on any atom is 0.284 e. The fourth-order valence-corrected chi connectivity index (χ4v) is 0.703. The average molecular weight is 174 g/mol. The van der Waals surface area contributed by atoms with E-state index in [0.29, 0.717) is 19.2 Å². The molecule has 0 saturated heterocycles. The van der Waals surface area contributed by atoms with Gasteiger partial charge in [-0.1, -0.05) is 0 Å². The summed E-state index contributed by atoms with van der Waals surface area (Å²) in [5.41, 5.74) is 0. The van der Waals surface area contributed by atoms with Crippen molar-refractivity contribution in [2.75, 3.05) is 26.5 Å². The first-order chi connectivity index (χ1) is 5.93. The van der Waals surface area contributed by atoms with Crippen LogP contribution in [0, 0.1) is 0 Å². The first kappa shape index (κ1) is 9.06. The van der Waals surface area contributed by atoms with Crippen LogP contribution in [0.25, 0.3) is 0 Å². The van der Waals surface area contributed by atoms with Crippen molar-refractivity contribution in [3.8, 4) is 5.95 Å². The van der Waals surface area contributed by atoms with Gasteiger partial charge in [-0.05, 0) is 6.07 Å². The first-order valence-electron chi connectivity index (χ1n) is 3.73. The summed E-state index contributed by atoms with van der Waals surface area (Å²) in [6.45, 7) is 0.431. The van der Waals surface area contributed by atoms with Gasteiger partial charge in [-0.3, -0.25) is 0 Å². The van der Waals surface area contributed by atoms with Gasteiger partial charge in [-0.25, -0.2) is 4.39 Å². The molecule has 0 aliphatic rings. The zero-order chi connectivity index (χ0) is 8.65. The molecule has 0 aromatic carbocycles. The highest BCUT2D eigenvalue weighted by atomic mass is 19.1. The van der Waals surface area contributed by atoms with Crippen molar-refractivity contribution in [1.29, 1.82) is 0 Å². The van der Waals surface area contributed by atoms with Crippen LogP contribution in [-0.2, 0) is 4.74 Å². The summed E-state index contributed by atoms with van der Waals surface area (Å²) >= 11 is 0. The van der Waals surface area contributed by atoms with Gasteiger partial charge in [-0.15, -0.1) is 0 Å². The molecule has 1 heterocycles. The second kappa shape index (κ2) is 5.60. The first-order valence-corrected chi connectivity index (χ1v) is 3.73. The molecule has 0 bridgehead atoms. The van der Waals surface area contributed by atoms with E-state index in [9.17, 15) is 4.39 Å². The predicted octanol–water partition coefficient (Wildman–Crippen LogP) is 1.64. The lowest BCUT2D eigenvalue weighted by Crippen LogP contribution is -2.07. The highest BCUT2D eigenvalue weighted by Crippen LogP contribution is 2.08. The molecule has 1 aromatic rings. The Morgan fingerprint density at radius 2 is 2.25 bits per heavy atom. The zero-order valence-electron chi connectivity index (χ0n) is 6.66. The van der Waals surface area contributed by atoms with Gasteiger partial charge >= 0.3 is 0 Å². The summed E-state index contributed by atoms with van der Waals surface area (Å²) in [5, 5.41) is 0. The highest BCUT2D eigenvalue weighted by Gasteiger charge is 1.94. The molecule has 0 radical (unpaired) electrons. The zero-order valence-corrected chi connectivity index (χ0v) is 6.66. The van der Waals surface area contributed by atoms with Crippen molar-refractivity contribution >= 4 is 0 Å². The van der Waals surface area contributed by atoms with Crippen molar-refractivity contribution in [3.63, 3.8) is 0 Å². The standard InChI is InChI=1S/C8H11FO3/c9-3-5-10-6-7-12-8-2-1-4-11-8/h1-2,4H,3,5-7H2.